The number of rotatable bonds is 9. The largest absolute Gasteiger partial charge is 0.497 e. The summed E-state index contributed by atoms with van der Waals surface area (Å²) in [7, 11) is 3.15. The van der Waals surface area contributed by atoms with Crippen molar-refractivity contribution in [3.63, 3.8) is 0 Å². The first kappa shape index (κ1) is 23.2. The van der Waals surface area contributed by atoms with Crippen LogP contribution in [0, 0.1) is 0 Å². The Hall–Kier alpha value is -4.00. The molecule has 34 heavy (non-hydrogen) atoms. The number of nitrogens with zero attached hydrogens (tertiary/aromatic N) is 3. The molecule has 0 atom stereocenters. The normalized spacial score (nSPS) is 13.2. The van der Waals surface area contributed by atoms with E-state index in [2.05, 4.69) is 0 Å². The summed E-state index contributed by atoms with van der Waals surface area (Å²) in [6.45, 7) is 1.89. The van der Waals surface area contributed by atoms with Gasteiger partial charge in [0.15, 0.2) is 0 Å². The number of hydrogen-bond donors (Lipinski definition) is 0. The van der Waals surface area contributed by atoms with Gasteiger partial charge in [-0.15, -0.1) is 0 Å². The fourth-order valence-electron chi connectivity index (χ4n) is 4.06. The van der Waals surface area contributed by atoms with Crippen LogP contribution in [0.25, 0.3) is 0 Å². The molecule has 7 heteroatoms. The van der Waals surface area contributed by atoms with E-state index in [1.807, 2.05) is 60.7 Å². The lowest BCUT2D eigenvalue weighted by molar-refractivity contribution is -0.132. The molecule has 3 aromatic carbocycles. The highest BCUT2D eigenvalue weighted by Gasteiger charge is 2.33. The van der Waals surface area contributed by atoms with Crippen molar-refractivity contribution < 1.29 is 19.1 Å². The Morgan fingerprint density at radius 3 is 2.03 bits per heavy atom. The van der Waals surface area contributed by atoms with Gasteiger partial charge in [0.1, 0.15) is 18.0 Å². The quantitative estimate of drug-likeness (QED) is 0.482. The van der Waals surface area contributed by atoms with E-state index in [0.29, 0.717) is 43.4 Å². The van der Waals surface area contributed by atoms with Gasteiger partial charge < -0.3 is 19.3 Å². The molecule has 176 valence electrons. The maximum Gasteiger partial charge on any atom is 0.325 e. The van der Waals surface area contributed by atoms with Crippen LogP contribution in [0.4, 0.5) is 10.5 Å². The van der Waals surface area contributed by atoms with Gasteiger partial charge in [-0.05, 0) is 23.3 Å². The first-order chi connectivity index (χ1) is 16.6. The van der Waals surface area contributed by atoms with Gasteiger partial charge in [0.25, 0.3) is 0 Å². The van der Waals surface area contributed by atoms with Gasteiger partial charge in [-0.25, -0.2) is 4.79 Å². The lowest BCUT2D eigenvalue weighted by Gasteiger charge is -2.26. The van der Waals surface area contributed by atoms with Gasteiger partial charge >= 0.3 is 6.03 Å². The summed E-state index contributed by atoms with van der Waals surface area (Å²) in [6, 6.07) is 24.9. The first-order valence-corrected chi connectivity index (χ1v) is 11.2. The van der Waals surface area contributed by atoms with Crippen LogP contribution in [-0.2, 0) is 17.9 Å². The fraction of sp³-hybridized carbons (Fsp3) is 0.259. The maximum absolute atomic E-state index is 13.4. The van der Waals surface area contributed by atoms with E-state index < -0.39 is 0 Å². The number of methoxy groups -OCH3 is 2. The zero-order chi connectivity index (χ0) is 23.9. The minimum atomic E-state index is -0.223. The third kappa shape index (κ3) is 5.31. The maximum atomic E-state index is 13.4. The van der Waals surface area contributed by atoms with Crippen LogP contribution in [0.1, 0.15) is 11.1 Å². The lowest BCUT2D eigenvalue weighted by Crippen LogP contribution is -2.41. The van der Waals surface area contributed by atoms with E-state index in [1.165, 1.54) is 0 Å². The lowest BCUT2D eigenvalue weighted by atomic mass is 10.1. The summed E-state index contributed by atoms with van der Waals surface area (Å²) in [5.74, 6) is 1.12. The monoisotopic (exact) mass is 459 g/mol. The number of urea groups is 1. The topological polar surface area (TPSA) is 62.3 Å². The number of ether oxygens (including phenoxy) is 2. The van der Waals surface area contributed by atoms with Gasteiger partial charge in [0.2, 0.25) is 5.91 Å². The van der Waals surface area contributed by atoms with Crippen LogP contribution in [0.15, 0.2) is 78.9 Å². The molecule has 0 saturated carbocycles. The predicted molar refractivity (Wildman–Crippen MR) is 131 cm³/mol. The molecule has 3 amide bonds. The molecule has 0 radical (unpaired) electrons. The van der Waals surface area contributed by atoms with Crippen molar-refractivity contribution in [1.29, 1.82) is 0 Å². The van der Waals surface area contributed by atoms with Crippen molar-refractivity contribution >= 4 is 17.6 Å². The Bertz CT molecular complexity index is 1080. The Morgan fingerprint density at radius 2 is 1.47 bits per heavy atom. The van der Waals surface area contributed by atoms with Crippen LogP contribution >= 0.6 is 0 Å². The van der Waals surface area contributed by atoms with Crippen molar-refractivity contribution in [3.05, 3.63) is 90.0 Å². The van der Waals surface area contributed by atoms with E-state index in [4.69, 9.17) is 9.47 Å². The summed E-state index contributed by atoms with van der Waals surface area (Å²) in [5, 5.41) is 0. The van der Waals surface area contributed by atoms with Gasteiger partial charge in [-0.2, -0.15) is 0 Å². The molecule has 0 N–H and O–H groups in total. The van der Waals surface area contributed by atoms with Gasteiger partial charge in [0.05, 0.1) is 19.9 Å². The molecular weight excluding hydrogens is 430 g/mol. The molecule has 0 aliphatic carbocycles. The highest BCUT2D eigenvalue weighted by molar-refractivity contribution is 5.98. The molecule has 0 bridgehead atoms. The molecule has 7 nitrogen and oxygen atoms in total. The van der Waals surface area contributed by atoms with Gasteiger partial charge in [0, 0.05) is 32.2 Å². The average molecular weight is 460 g/mol. The summed E-state index contributed by atoms with van der Waals surface area (Å²) < 4.78 is 10.8. The molecule has 1 fully saturated rings. The Kier molecular flexibility index (Phi) is 7.32. The van der Waals surface area contributed by atoms with Crippen molar-refractivity contribution in [1.82, 2.24) is 9.80 Å². The van der Waals surface area contributed by atoms with Gasteiger partial charge in [-0.3, -0.25) is 9.69 Å². The molecule has 1 saturated heterocycles. The van der Waals surface area contributed by atoms with Crippen molar-refractivity contribution in [2.75, 3.05) is 38.8 Å². The summed E-state index contributed by atoms with van der Waals surface area (Å²) in [6.07, 6.45) is 0. The van der Waals surface area contributed by atoms with Crippen molar-refractivity contribution in [2.24, 2.45) is 0 Å². The molecule has 3 aromatic rings. The average Bonchev–Trinajstić information content (AvgIpc) is 3.24. The van der Waals surface area contributed by atoms with Crippen LogP contribution in [0.3, 0.4) is 0 Å². The highest BCUT2D eigenvalue weighted by Crippen LogP contribution is 2.34. The minimum absolute atomic E-state index is 0.0152. The van der Waals surface area contributed by atoms with E-state index in [0.717, 1.165) is 11.1 Å². The highest BCUT2D eigenvalue weighted by atomic mass is 16.5. The molecule has 0 spiro atoms. The first-order valence-electron chi connectivity index (χ1n) is 11.2. The zero-order valence-corrected chi connectivity index (χ0v) is 19.5. The van der Waals surface area contributed by atoms with Gasteiger partial charge in [-0.1, -0.05) is 60.7 Å². The zero-order valence-electron chi connectivity index (χ0n) is 19.5. The number of amides is 3. The van der Waals surface area contributed by atoms with E-state index in [-0.39, 0.29) is 18.5 Å². The Labute approximate surface area is 200 Å². The SMILES string of the molecule is COc1ccc(OC)c(N2CCN(CC(=O)N(Cc3ccccc3)Cc3ccccc3)C2=O)c1. The molecule has 1 heterocycles. The Balaban J connectivity index is 1.50. The second-order valence-electron chi connectivity index (χ2n) is 8.11. The molecular formula is C27H29N3O4. The summed E-state index contributed by atoms with van der Waals surface area (Å²) >= 11 is 0. The molecule has 4 rings (SSSR count). The second-order valence-corrected chi connectivity index (χ2v) is 8.11. The number of carbonyl (C=O) groups excluding carboxylic acids is 2. The van der Waals surface area contributed by atoms with E-state index in [9.17, 15) is 9.59 Å². The van der Waals surface area contributed by atoms with Crippen molar-refractivity contribution in [3.8, 4) is 11.5 Å². The van der Waals surface area contributed by atoms with Crippen LogP contribution in [-0.4, -0.2) is 55.6 Å². The third-order valence-corrected chi connectivity index (χ3v) is 5.88. The predicted octanol–water partition coefficient (Wildman–Crippen LogP) is 4.17. The van der Waals surface area contributed by atoms with Crippen LogP contribution in [0.2, 0.25) is 0 Å². The number of hydrogen-bond acceptors (Lipinski definition) is 4. The Morgan fingerprint density at radius 1 is 0.853 bits per heavy atom. The van der Waals surface area contributed by atoms with Crippen LogP contribution < -0.4 is 14.4 Å². The molecule has 1 aliphatic heterocycles. The van der Waals surface area contributed by atoms with E-state index in [1.54, 1.807) is 47.1 Å². The number of benzene rings is 3. The van der Waals surface area contributed by atoms with Crippen LogP contribution in [0.5, 0.6) is 11.5 Å². The molecule has 0 aromatic heterocycles. The second kappa shape index (κ2) is 10.7. The standard InChI is InChI=1S/C27H29N3O4/c1-33-23-13-14-25(34-2)24(17-23)30-16-15-28(27(30)32)20-26(31)29(18-21-9-5-3-6-10-21)19-22-11-7-4-8-12-22/h3-14,17H,15-16,18-20H2,1-2H3. The van der Waals surface area contributed by atoms with E-state index >= 15 is 0 Å². The number of carbonyl (C=O) groups is 2. The fourth-order valence-corrected chi connectivity index (χ4v) is 4.06. The smallest absolute Gasteiger partial charge is 0.325 e. The minimum Gasteiger partial charge on any atom is -0.497 e. The third-order valence-electron chi connectivity index (χ3n) is 5.88. The summed E-state index contributed by atoms with van der Waals surface area (Å²) in [5.41, 5.74) is 2.72. The molecule has 0 unspecified atom stereocenters. The van der Waals surface area contributed by atoms with Crippen molar-refractivity contribution in [2.45, 2.75) is 13.1 Å². The summed E-state index contributed by atoms with van der Waals surface area (Å²) in [4.78, 5) is 31.6. The molecule has 1 aliphatic rings. The number of anilines is 1.